The van der Waals surface area contributed by atoms with Gasteiger partial charge in [-0.1, -0.05) is 0 Å². The molecule has 136 valence electrons. The summed E-state index contributed by atoms with van der Waals surface area (Å²) in [5, 5.41) is 14.7. The molecule has 0 fully saturated rings. The first-order valence-electron chi connectivity index (χ1n) is 8.51. The molecular weight excluding hydrogens is 330 g/mol. The van der Waals surface area contributed by atoms with E-state index in [0.29, 0.717) is 13.0 Å². The molecular formula is C19H23N5O2. The smallest absolute Gasteiger partial charge is 0.404 e. The monoisotopic (exact) mass is 353 g/mol. The van der Waals surface area contributed by atoms with E-state index in [2.05, 4.69) is 45.5 Å². The highest BCUT2D eigenvalue weighted by Crippen LogP contribution is 2.29. The van der Waals surface area contributed by atoms with E-state index in [0.717, 1.165) is 23.5 Å². The van der Waals surface area contributed by atoms with Crippen molar-refractivity contribution in [1.82, 2.24) is 20.6 Å². The molecule has 3 N–H and O–H groups in total. The number of carbonyl (C=O) groups is 1. The standard InChI is InChI=1S/C19H23N5O2/c1-19(2,6-10-22-18(25)26)23-17-13-24(15-4-8-20-9-5-15)12-14-3-7-21-11-16(14)17/h3-5,7-9,11,13,22-23H,6,10,12H2,1-2H3,(H,25,26). The van der Waals surface area contributed by atoms with Gasteiger partial charge in [-0.2, -0.15) is 0 Å². The lowest BCUT2D eigenvalue weighted by atomic mass is 9.97. The Balaban J connectivity index is 1.84. The van der Waals surface area contributed by atoms with Crippen molar-refractivity contribution in [2.75, 3.05) is 11.4 Å². The molecule has 7 heteroatoms. The van der Waals surface area contributed by atoms with Crippen molar-refractivity contribution in [3.63, 3.8) is 0 Å². The zero-order valence-corrected chi connectivity index (χ0v) is 14.9. The van der Waals surface area contributed by atoms with E-state index >= 15 is 0 Å². The molecule has 7 nitrogen and oxygen atoms in total. The number of anilines is 1. The van der Waals surface area contributed by atoms with Crippen molar-refractivity contribution in [2.45, 2.75) is 32.4 Å². The van der Waals surface area contributed by atoms with Crippen LogP contribution in [0, 0.1) is 0 Å². The largest absolute Gasteiger partial charge is 0.465 e. The molecule has 0 aliphatic carbocycles. The van der Waals surface area contributed by atoms with Gasteiger partial charge in [-0.05, 0) is 44.0 Å². The van der Waals surface area contributed by atoms with Crippen LogP contribution in [0.1, 0.15) is 31.4 Å². The maximum absolute atomic E-state index is 10.7. The number of hydrogen-bond donors (Lipinski definition) is 3. The quantitative estimate of drug-likeness (QED) is 0.740. The van der Waals surface area contributed by atoms with Crippen molar-refractivity contribution >= 4 is 17.5 Å². The molecule has 0 aromatic carbocycles. The maximum atomic E-state index is 10.7. The van der Waals surface area contributed by atoms with Crippen LogP contribution < -0.4 is 15.5 Å². The molecule has 1 aliphatic heterocycles. The molecule has 0 atom stereocenters. The first-order chi connectivity index (χ1) is 12.4. The first kappa shape index (κ1) is 17.7. The number of nitrogens with one attached hydrogen (secondary N) is 2. The summed E-state index contributed by atoms with van der Waals surface area (Å²) in [6.45, 7) is 5.25. The van der Waals surface area contributed by atoms with Crippen molar-refractivity contribution in [3.05, 3.63) is 60.3 Å². The lowest BCUT2D eigenvalue weighted by molar-refractivity contribution is 0.193. The Labute approximate surface area is 152 Å². The Morgan fingerprint density at radius 3 is 2.69 bits per heavy atom. The maximum Gasteiger partial charge on any atom is 0.404 e. The van der Waals surface area contributed by atoms with Gasteiger partial charge in [-0.25, -0.2) is 4.79 Å². The molecule has 1 aliphatic rings. The van der Waals surface area contributed by atoms with E-state index in [1.54, 1.807) is 18.6 Å². The lowest BCUT2D eigenvalue weighted by Gasteiger charge is -2.34. The molecule has 1 amide bonds. The summed E-state index contributed by atoms with van der Waals surface area (Å²) in [6.07, 6.45) is 8.95. The molecule has 0 radical (unpaired) electrons. The van der Waals surface area contributed by atoms with Crippen LogP contribution in [0.5, 0.6) is 0 Å². The second-order valence-corrected chi connectivity index (χ2v) is 6.90. The predicted molar refractivity (Wildman–Crippen MR) is 100 cm³/mol. The van der Waals surface area contributed by atoms with E-state index in [9.17, 15) is 4.79 Å². The van der Waals surface area contributed by atoms with Crippen LogP contribution in [0.25, 0.3) is 5.70 Å². The van der Waals surface area contributed by atoms with Crippen molar-refractivity contribution in [1.29, 1.82) is 0 Å². The van der Waals surface area contributed by atoms with Crippen LogP contribution in [-0.2, 0) is 6.54 Å². The van der Waals surface area contributed by atoms with Gasteiger partial charge in [-0.15, -0.1) is 0 Å². The minimum Gasteiger partial charge on any atom is -0.465 e. The number of hydrogen-bond acceptors (Lipinski definition) is 5. The summed E-state index contributed by atoms with van der Waals surface area (Å²) >= 11 is 0. The Morgan fingerprint density at radius 1 is 1.23 bits per heavy atom. The van der Waals surface area contributed by atoms with Crippen LogP contribution in [0.2, 0.25) is 0 Å². The van der Waals surface area contributed by atoms with Crippen LogP contribution in [0.15, 0.2) is 49.2 Å². The van der Waals surface area contributed by atoms with Gasteiger partial charge in [0.15, 0.2) is 0 Å². The van der Waals surface area contributed by atoms with Gasteiger partial charge in [0, 0.05) is 60.9 Å². The van der Waals surface area contributed by atoms with E-state index in [4.69, 9.17) is 5.11 Å². The van der Waals surface area contributed by atoms with E-state index in [1.165, 1.54) is 5.56 Å². The summed E-state index contributed by atoms with van der Waals surface area (Å²) in [7, 11) is 0. The summed E-state index contributed by atoms with van der Waals surface area (Å²) in [6, 6.07) is 5.97. The molecule has 3 heterocycles. The Hall–Kier alpha value is -3.09. The summed E-state index contributed by atoms with van der Waals surface area (Å²) < 4.78 is 0. The fourth-order valence-corrected chi connectivity index (χ4v) is 2.97. The molecule has 0 saturated carbocycles. The molecule has 0 spiro atoms. The second kappa shape index (κ2) is 7.43. The van der Waals surface area contributed by atoms with E-state index < -0.39 is 6.09 Å². The van der Waals surface area contributed by atoms with Crippen LogP contribution in [-0.4, -0.2) is 33.3 Å². The summed E-state index contributed by atoms with van der Waals surface area (Å²) in [5.74, 6) is 0. The van der Waals surface area contributed by atoms with Gasteiger partial charge >= 0.3 is 6.09 Å². The van der Waals surface area contributed by atoms with Crippen molar-refractivity contribution in [3.8, 4) is 0 Å². The number of rotatable bonds is 6. The summed E-state index contributed by atoms with van der Waals surface area (Å²) in [5.41, 5.74) is 3.99. The number of fused-ring (bicyclic) bond motifs is 1. The van der Waals surface area contributed by atoms with Gasteiger partial charge in [0.05, 0.1) is 5.70 Å². The minimum absolute atomic E-state index is 0.289. The first-order valence-corrected chi connectivity index (χ1v) is 8.51. The molecule has 0 unspecified atom stereocenters. The average molecular weight is 353 g/mol. The highest BCUT2D eigenvalue weighted by Gasteiger charge is 2.24. The number of carboxylic acid groups (broad SMARTS) is 1. The van der Waals surface area contributed by atoms with Gasteiger partial charge in [-0.3, -0.25) is 9.97 Å². The van der Waals surface area contributed by atoms with Crippen molar-refractivity contribution < 1.29 is 9.90 Å². The van der Waals surface area contributed by atoms with Gasteiger partial charge in [0.2, 0.25) is 0 Å². The number of nitrogens with zero attached hydrogens (tertiary/aromatic N) is 3. The van der Waals surface area contributed by atoms with Crippen LogP contribution in [0.3, 0.4) is 0 Å². The Kier molecular flexibility index (Phi) is 5.06. The topological polar surface area (TPSA) is 90.4 Å². The minimum atomic E-state index is -1.00. The lowest BCUT2D eigenvalue weighted by Crippen LogP contribution is -2.42. The van der Waals surface area contributed by atoms with Crippen LogP contribution >= 0.6 is 0 Å². The Bertz CT molecular complexity index is 805. The number of aromatic nitrogens is 2. The van der Waals surface area contributed by atoms with E-state index in [-0.39, 0.29) is 5.54 Å². The number of pyridine rings is 2. The predicted octanol–water partition coefficient (Wildman–Crippen LogP) is 2.82. The molecule has 3 rings (SSSR count). The fourth-order valence-electron chi connectivity index (χ4n) is 2.97. The molecule has 2 aromatic heterocycles. The molecule has 26 heavy (non-hydrogen) atoms. The molecule has 0 bridgehead atoms. The fraction of sp³-hybridized carbons (Fsp3) is 0.316. The highest BCUT2D eigenvalue weighted by molar-refractivity contribution is 5.73. The van der Waals surface area contributed by atoms with Crippen LogP contribution in [0.4, 0.5) is 10.5 Å². The average Bonchev–Trinajstić information content (AvgIpc) is 2.61. The Morgan fingerprint density at radius 2 is 1.96 bits per heavy atom. The summed E-state index contributed by atoms with van der Waals surface area (Å²) in [4.78, 5) is 21.2. The SMILES string of the molecule is CC(C)(CCNC(=O)O)NC1=CN(c2ccncc2)Cc2ccncc21. The zero-order valence-electron chi connectivity index (χ0n) is 14.9. The van der Waals surface area contributed by atoms with Gasteiger partial charge in [0.1, 0.15) is 0 Å². The van der Waals surface area contributed by atoms with Gasteiger partial charge in [0.25, 0.3) is 0 Å². The third kappa shape index (κ3) is 4.30. The normalized spacial score (nSPS) is 13.6. The second-order valence-electron chi connectivity index (χ2n) is 6.90. The van der Waals surface area contributed by atoms with Gasteiger partial charge < -0.3 is 20.6 Å². The third-order valence-electron chi connectivity index (χ3n) is 4.32. The number of amides is 1. The third-order valence-corrected chi connectivity index (χ3v) is 4.32. The van der Waals surface area contributed by atoms with Crippen molar-refractivity contribution in [2.24, 2.45) is 0 Å². The molecule has 2 aromatic rings. The zero-order chi connectivity index (χ0) is 18.6. The molecule has 0 saturated heterocycles. The van der Waals surface area contributed by atoms with E-state index in [1.807, 2.05) is 24.4 Å². The highest BCUT2D eigenvalue weighted by atomic mass is 16.4.